The van der Waals surface area contributed by atoms with Gasteiger partial charge in [0.25, 0.3) is 10.0 Å². The van der Waals surface area contributed by atoms with E-state index in [2.05, 4.69) is 104 Å². The Bertz CT molecular complexity index is 6070. The average molecular weight is 2030 g/mol. The minimum absolute atomic E-state index is 0.141. The minimum atomic E-state index is -4.01. The van der Waals surface area contributed by atoms with Crippen molar-refractivity contribution in [2.24, 2.45) is 28.2 Å². The highest BCUT2D eigenvalue weighted by atomic mass is 127. The van der Waals surface area contributed by atoms with Crippen molar-refractivity contribution < 1.29 is 45.9 Å². The third-order valence-electron chi connectivity index (χ3n) is 22.1. The summed E-state index contributed by atoms with van der Waals surface area (Å²) in [4.78, 5) is 19.6. The molecule has 6 aromatic heterocycles. The van der Waals surface area contributed by atoms with Crippen LogP contribution in [0.5, 0.6) is 0 Å². The highest BCUT2D eigenvalue weighted by Crippen LogP contribution is 2.42. The summed E-state index contributed by atoms with van der Waals surface area (Å²) in [7, 11) is 3.33. The van der Waals surface area contributed by atoms with Gasteiger partial charge in [-0.1, -0.05) is 133 Å². The van der Waals surface area contributed by atoms with Gasteiger partial charge in [-0.25, -0.2) is 22.2 Å². The van der Waals surface area contributed by atoms with E-state index < -0.39 is 52.6 Å². The number of nitrogens with zero attached hydrogens (tertiary/aromatic N) is 15. The van der Waals surface area contributed by atoms with Crippen LogP contribution in [0.2, 0.25) is 0 Å². The van der Waals surface area contributed by atoms with Gasteiger partial charge in [0.1, 0.15) is 17.7 Å². The van der Waals surface area contributed by atoms with E-state index in [1.54, 1.807) is 79.9 Å². The fraction of sp³-hybridized carbons (Fsp3) is 0.275. The highest BCUT2D eigenvalue weighted by Gasteiger charge is 2.55. The standard InChI is InChI=1S/C29H24IN3O4S.2C17H20BN3O2.C11H8BrN3.C10H17BN2O2.C7H3BrIN/c1-37-29(34)25-18-31-28(32(19-21-11-5-2-6-12-21)20-22-13-7-3-8-14-22)27-24(25)17-26(30)33(27)38(35,36)23-15-9-4-10-16-23;2*1-16(2)17(3,4)23-18(22-16)15-8-6-7-13(14(15)9-19)12-10-20-21(5)11-12;1-15-7-8(6-14-15)9-3-2-4-11(12)10(9)5-13;1-9(2)10(3,4)15-11(14-9)8-6-12-13(5)7-8;8-6-2-1-3-7(9)5(6)4-10/h2-18H,19-20H2,1H3;2*6-8,10-11H,1-5H3;2-4,6-7H,1H3;6-7H,1-5H3;1-3H. The van der Waals surface area contributed by atoms with E-state index in [1.165, 1.54) is 17.3 Å². The van der Waals surface area contributed by atoms with E-state index >= 15 is 0 Å². The van der Waals surface area contributed by atoms with Gasteiger partial charge in [-0.3, -0.25) is 18.7 Å². The van der Waals surface area contributed by atoms with Gasteiger partial charge in [0, 0.05) is 146 Å². The monoisotopic (exact) mass is 2030 g/mol. The Labute approximate surface area is 769 Å². The lowest BCUT2D eigenvalue weighted by molar-refractivity contribution is 0.00578. The maximum absolute atomic E-state index is 14.0. The van der Waals surface area contributed by atoms with Crippen molar-refractivity contribution in [1.82, 2.24) is 48.1 Å². The number of hydrogen-bond donors (Lipinski definition) is 0. The van der Waals surface area contributed by atoms with Gasteiger partial charge >= 0.3 is 27.3 Å². The first kappa shape index (κ1) is 94.3. The lowest BCUT2D eigenvalue weighted by atomic mass is 9.74. The Morgan fingerprint density at radius 1 is 0.468 bits per heavy atom. The zero-order valence-corrected chi connectivity index (χ0v) is 80.0. The zero-order valence-electron chi connectivity index (χ0n) is 71.7. The van der Waals surface area contributed by atoms with E-state index in [4.69, 9.17) is 43.2 Å². The lowest BCUT2D eigenvalue weighted by Crippen LogP contribution is -2.41. The summed E-state index contributed by atoms with van der Waals surface area (Å²) in [6, 6.07) is 61.5. The van der Waals surface area contributed by atoms with Gasteiger partial charge in [0.05, 0.1) is 108 Å². The molecule has 3 aliphatic heterocycles. The van der Waals surface area contributed by atoms with Crippen LogP contribution in [0.15, 0.2) is 239 Å². The molecule has 0 amide bonds. The van der Waals surface area contributed by atoms with Crippen LogP contribution < -0.4 is 21.3 Å². The number of esters is 1. The minimum Gasteiger partial charge on any atom is -0.465 e. The molecule has 3 fully saturated rings. The maximum Gasteiger partial charge on any atom is 0.498 e. The van der Waals surface area contributed by atoms with E-state index in [-0.39, 0.29) is 28.8 Å². The van der Waals surface area contributed by atoms with Gasteiger partial charge in [-0.05, 0) is 208 Å². The van der Waals surface area contributed by atoms with Crippen molar-refractivity contribution in [2.45, 2.75) is 135 Å². The van der Waals surface area contributed by atoms with Crippen LogP contribution in [0.1, 0.15) is 127 Å². The van der Waals surface area contributed by atoms with E-state index in [0.717, 1.165) is 73.4 Å². The summed E-state index contributed by atoms with van der Waals surface area (Å²) in [6.45, 7) is 25.2. The average Bonchev–Trinajstić information content (AvgIpc) is 1.56. The first-order chi connectivity index (χ1) is 58.7. The second-order valence-electron chi connectivity index (χ2n) is 32.3. The van der Waals surface area contributed by atoms with Gasteiger partial charge in [-0.2, -0.15) is 41.4 Å². The molecule has 0 atom stereocenters. The molecule has 0 bridgehead atoms. The number of ether oxygens (including phenoxy) is 1. The molecule has 7 aromatic carbocycles. The molecule has 33 heteroatoms. The Hall–Kier alpha value is -10.4. The molecule has 13 aromatic rings. The third-order valence-corrected chi connectivity index (χ3v) is 27.2. The summed E-state index contributed by atoms with van der Waals surface area (Å²) >= 11 is 10.8. The number of aromatic nitrogens is 10. The number of carbonyl (C=O) groups is 1. The Balaban J connectivity index is 0.000000152. The van der Waals surface area contributed by atoms with Gasteiger partial charge in [-0.15, -0.1) is 0 Å². The van der Waals surface area contributed by atoms with E-state index in [1.807, 2.05) is 297 Å². The summed E-state index contributed by atoms with van der Waals surface area (Å²) in [5, 5.41) is 54.1. The second kappa shape index (κ2) is 39.4. The molecule has 0 N–H and O–H groups in total. The number of methoxy groups -OCH3 is 1. The highest BCUT2D eigenvalue weighted by molar-refractivity contribution is 14.1. The third kappa shape index (κ3) is 21.2. The van der Waals surface area contributed by atoms with Crippen LogP contribution in [-0.2, 0) is 84.0 Å². The second-order valence-corrected chi connectivity index (χ2v) is 38.1. The Morgan fingerprint density at radius 2 is 0.831 bits per heavy atom. The summed E-state index contributed by atoms with van der Waals surface area (Å²) in [5.74, 6) is -0.139. The van der Waals surface area contributed by atoms with E-state index in [0.29, 0.717) is 55.8 Å². The summed E-state index contributed by atoms with van der Waals surface area (Å²) in [5.41, 5.74) is 10.6. The number of rotatable bonds is 14. The number of benzene rings is 7. The molecular formula is C91H92B3Br2I2N15O10S. The molecule has 3 aliphatic rings. The predicted molar refractivity (Wildman–Crippen MR) is 505 cm³/mol. The fourth-order valence-electron chi connectivity index (χ4n) is 13.3. The van der Waals surface area contributed by atoms with Crippen LogP contribution in [0.3, 0.4) is 0 Å². The van der Waals surface area contributed by atoms with Crippen LogP contribution in [-0.4, -0.2) is 125 Å². The van der Waals surface area contributed by atoms with Crippen LogP contribution in [0, 0.1) is 52.6 Å². The number of carbonyl (C=O) groups excluding carboxylic acids is 1. The van der Waals surface area contributed by atoms with Crippen molar-refractivity contribution in [3.8, 4) is 57.7 Å². The molecule has 0 aliphatic carbocycles. The molecule has 3 saturated heterocycles. The number of nitriles is 4. The smallest absolute Gasteiger partial charge is 0.465 e. The SMILES string of the molecule is COC(=O)c1cnc(N(Cc2ccccc2)Cc2ccccc2)c2c1cc(I)n2S(=O)(=O)c1ccccc1.Cn1cc(-c2cccc(B3OC(C)(C)C(C)(C)O3)c2C#N)cn1.Cn1cc(-c2cccc(B3OC(C)(C)C(C)(C)O3)c2C#N)cn1.Cn1cc(-c2cccc(Br)c2C#N)cn1.Cn1cc(B2OC(C)(C)C(C)(C)O2)cn1.N#Cc1c(Br)cccc1I. The van der Waals surface area contributed by atoms with Crippen LogP contribution >= 0.6 is 77.0 Å². The van der Waals surface area contributed by atoms with E-state index in [9.17, 15) is 23.7 Å². The number of hydrogen-bond acceptors (Lipinski definition) is 20. The number of aryl methyl sites for hydroxylation is 4. The molecule has 634 valence electrons. The van der Waals surface area contributed by atoms with Crippen molar-refractivity contribution in [2.75, 3.05) is 12.0 Å². The van der Waals surface area contributed by atoms with Crippen LogP contribution in [0.25, 0.3) is 44.3 Å². The Morgan fingerprint density at radius 3 is 1.19 bits per heavy atom. The summed E-state index contributed by atoms with van der Waals surface area (Å²) < 4.78 is 80.4. The Kier molecular flexibility index (Phi) is 30.0. The molecular weight excluding hydrogens is 1940 g/mol. The molecule has 0 spiro atoms. The van der Waals surface area contributed by atoms with Gasteiger partial charge in [0.2, 0.25) is 0 Å². The van der Waals surface area contributed by atoms with Gasteiger partial charge < -0.3 is 37.6 Å². The molecule has 9 heterocycles. The largest absolute Gasteiger partial charge is 0.498 e. The maximum atomic E-state index is 14.0. The fourth-order valence-corrected chi connectivity index (χ4v) is 17.9. The molecule has 124 heavy (non-hydrogen) atoms. The van der Waals surface area contributed by atoms with Crippen molar-refractivity contribution in [3.63, 3.8) is 0 Å². The number of pyridine rings is 1. The topological polar surface area (TPSA) is 303 Å². The van der Waals surface area contributed by atoms with Crippen molar-refractivity contribution in [3.05, 3.63) is 281 Å². The quantitative estimate of drug-likeness (QED) is 0.0555. The van der Waals surface area contributed by atoms with Crippen LogP contribution in [0.4, 0.5) is 5.82 Å². The lowest BCUT2D eigenvalue weighted by Gasteiger charge is -2.32. The molecule has 0 saturated carbocycles. The number of anilines is 1. The first-order valence-corrected chi connectivity index (χ1v) is 44.4. The molecule has 0 unspecified atom stereocenters. The summed E-state index contributed by atoms with van der Waals surface area (Å²) in [6.07, 6.45) is 16.1. The number of fused-ring (bicyclic) bond motifs is 1. The normalized spacial score (nSPS) is 15.2. The first-order valence-electron chi connectivity index (χ1n) is 39.2. The van der Waals surface area contributed by atoms with Crippen molar-refractivity contribution >= 4 is 147 Å². The van der Waals surface area contributed by atoms with Gasteiger partial charge in [0.15, 0.2) is 5.82 Å². The predicted octanol–water partition coefficient (Wildman–Crippen LogP) is 16.8. The zero-order chi connectivity index (χ0) is 90.0. The van der Waals surface area contributed by atoms with Crippen molar-refractivity contribution in [1.29, 1.82) is 21.0 Å². The molecule has 25 nitrogen and oxygen atoms in total. The molecule has 0 radical (unpaired) electrons. The molecule has 16 rings (SSSR count). The number of halogens is 4.